The fraction of sp³-hybridized carbons (Fsp3) is 0.286. The third kappa shape index (κ3) is 1.30. The van der Waals surface area contributed by atoms with Gasteiger partial charge in [-0.1, -0.05) is 30.3 Å². The molecule has 0 radical (unpaired) electrons. The summed E-state index contributed by atoms with van der Waals surface area (Å²) in [5.41, 5.74) is 0.877. The van der Waals surface area contributed by atoms with Gasteiger partial charge >= 0.3 is 0 Å². The molecule has 0 saturated heterocycles. The maximum absolute atomic E-state index is 5.77. The number of hydrogen-bond acceptors (Lipinski definition) is 2. The van der Waals surface area contributed by atoms with Crippen molar-refractivity contribution in [2.45, 2.75) is 12.5 Å². The number of hydrogen-bond donors (Lipinski definition) is 1. The van der Waals surface area contributed by atoms with Gasteiger partial charge in [-0.2, -0.15) is 0 Å². The van der Waals surface area contributed by atoms with Crippen LogP contribution in [0.5, 0.6) is 0 Å². The molecule has 58 valence electrons. The van der Waals surface area contributed by atoms with Gasteiger partial charge in [0.05, 0.1) is 5.70 Å². The van der Waals surface area contributed by atoms with Gasteiger partial charge in [0.15, 0.2) is 0 Å². The minimum absolute atomic E-state index is 0.0463. The average molecular weight is 188 g/mol. The maximum atomic E-state index is 5.77. The molecular weight excluding hydrogens is 182 g/mol. The summed E-state index contributed by atoms with van der Waals surface area (Å²) >= 11 is 9.76. The lowest BCUT2D eigenvalue weighted by atomic mass is 10.1. The van der Waals surface area contributed by atoms with E-state index >= 15 is 0 Å². The van der Waals surface area contributed by atoms with E-state index in [-0.39, 0.29) is 6.10 Å². The summed E-state index contributed by atoms with van der Waals surface area (Å²) in [5, 5.41) is 1.16. The Balaban J connectivity index is 2.31. The smallest absolute Gasteiger partial charge is 0.248 e. The van der Waals surface area contributed by atoms with E-state index in [1.807, 2.05) is 6.08 Å². The summed E-state index contributed by atoms with van der Waals surface area (Å²) in [6, 6.07) is 0. The monoisotopic (exact) mass is 187 g/mol. The number of halogens is 1. The van der Waals surface area contributed by atoms with Crippen LogP contribution in [0, 0.1) is 0 Å². The third-order valence-electron chi connectivity index (χ3n) is 1.61. The van der Waals surface area contributed by atoms with Gasteiger partial charge in [-0.05, 0) is 6.08 Å². The van der Waals surface area contributed by atoms with E-state index in [1.165, 1.54) is 0 Å². The van der Waals surface area contributed by atoms with Crippen molar-refractivity contribution in [3.05, 3.63) is 22.9 Å². The molecule has 0 aromatic rings. The van der Waals surface area contributed by atoms with E-state index in [1.54, 1.807) is 6.08 Å². The standard InChI is InChI=1S/C7H6ClNOS/c8-4-1-2-6-5(3-4)9-7(11)10-6/h1,3,6H,2H2,(H,9,11). The normalized spacial score (nSPS) is 28.2. The number of allylic oxidation sites excluding steroid dienone is 2. The molecule has 0 N–H and O–H groups in total. The molecule has 0 fully saturated rings. The van der Waals surface area contributed by atoms with Gasteiger partial charge in [0.1, 0.15) is 6.10 Å². The first-order valence-electron chi connectivity index (χ1n) is 3.27. The van der Waals surface area contributed by atoms with Crippen molar-refractivity contribution >= 4 is 29.5 Å². The summed E-state index contributed by atoms with van der Waals surface area (Å²) < 4.78 is 5.26. The Bertz CT molecular complexity index is 282. The van der Waals surface area contributed by atoms with Crippen LogP contribution in [0.15, 0.2) is 27.9 Å². The highest BCUT2D eigenvalue weighted by Gasteiger charge is 2.25. The highest BCUT2D eigenvalue weighted by Crippen LogP contribution is 2.28. The molecule has 0 amide bonds. The van der Waals surface area contributed by atoms with Gasteiger partial charge in [0, 0.05) is 11.5 Å². The predicted molar refractivity (Wildman–Crippen MR) is 47.9 cm³/mol. The fourth-order valence-electron chi connectivity index (χ4n) is 1.11. The molecule has 1 heterocycles. The number of aliphatic imine (C=N–C) groups is 1. The van der Waals surface area contributed by atoms with Crippen LogP contribution in [0.25, 0.3) is 0 Å². The van der Waals surface area contributed by atoms with Crippen LogP contribution in [0.4, 0.5) is 0 Å². The highest BCUT2D eigenvalue weighted by molar-refractivity contribution is 7.96. The molecule has 0 saturated carbocycles. The zero-order valence-electron chi connectivity index (χ0n) is 5.62. The Labute approximate surface area is 75.0 Å². The summed E-state index contributed by atoms with van der Waals surface area (Å²) in [7, 11) is 0. The Morgan fingerprint density at radius 3 is 3.36 bits per heavy atom. The lowest BCUT2D eigenvalue weighted by molar-refractivity contribution is 0.254. The van der Waals surface area contributed by atoms with Crippen molar-refractivity contribution in [1.82, 2.24) is 0 Å². The van der Waals surface area contributed by atoms with Gasteiger partial charge in [-0.25, -0.2) is 4.99 Å². The molecule has 0 aromatic heterocycles. The van der Waals surface area contributed by atoms with Crippen molar-refractivity contribution in [1.29, 1.82) is 0 Å². The molecule has 2 rings (SSSR count). The summed E-state index contributed by atoms with van der Waals surface area (Å²) in [6.45, 7) is 0. The van der Waals surface area contributed by atoms with Crippen molar-refractivity contribution < 1.29 is 4.74 Å². The van der Waals surface area contributed by atoms with Crippen molar-refractivity contribution in [3.63, 3.8) is 0 Å². The zero-order valence-corrected chi connectivity index (χ0v) is 7.27. The molecule has 0 spiro atoms. The third-order valence-corrected chi connectivity index (χ3v) is 2.08. The van der Waals surface area contributed by atoms with Crippen LogP contribution in [0.1, 0.15) is 6.42 Å². The second-order valence-electron chi connectivity index (χ2n) is 2.39. The minimum atomic E-state index is 0.0463. The van der Waals surface area contributed by atoms with E-state index in [9.17, 15) is 0 Å². The molecule has 0 bridgehead atoms. The van der Waals surface area contributed by atoms with E-state index < -0.39 is 0 Å². The van der Waals surface area contributed by atoms with E-state index in [0.717, 1.165) is 17.2 Å². The molecular formula is C7H6ClNOS. The number of nitrogens with zero attached hydrogens (tertiary/aromatic N) is 1. The van der Waals surface area contributed by atoms with Gasteiger partial charge in [-0.3, -0.25) is 0 Å². The molecule has 11 heavy (non-hydrogen) atoms. The summed E-state index contributed by atoms with van der Waals surface area (Å²) in [6.07, 6.45) is 4.56. The van der Waals surface area contributed by atoms with E-state index in [0.29, 0.717) is 5.23 Å². The Morgan fingerprint density at radius 1 is 1.73 bits per heavy atom. The summed E-state index contributed by atoms with van der Waals surface area (Å²) in [4.78, 5) is 4.06. The molecule has 4 heteroatoms. The van der Waals surface area contributed by atoms with Crippen LogP contribution >= 0.6 is 24.2 Å². The lowest BCUT2D eigenvalue weighted by Crippen LogP contribution is -2.10. The SMILES string of the molecule is SC1=NC2=CC(Cl)=CCC2O1. The predicted octanol–water partition coefficient (Wildman–Crippen LogP) is 2.08. The van der Waals surface area contributed by atoms with Gasteiger partial charge in [0.2, 0.25) is 5.23 Å². The van der Waals surface area contributed by atoms with E-state index in [2.05, 4.69) is 17.6 Å². The largest absolute Gasteiger partial charge is 0.463 e. The average Bonchev–Trinajstić information content (AvgIpc) is 2.27. The van der Waals surface area contributed by atoms with Gasteiger partial charge < -0.3 is 4.74 Å². The van der Waals surface area contributed by atoms with Gasteiger partial charge in [0.25, 0.3) is 0 Å². The second kappa shape index (κ2) is 2.57. The van der Waals surface area contributed by atoms with Crippen LogP contribution in [-0.2, 0) is 4.74 Å². The molecule has 2 nitrogen and oxygen atoms in total. The lowest BCUT2D eigenvalue weighted by Gasteiger charge is -2.11. The molecule has 0 aromatic carbocycles. The molecule has 1 unspecified atom stereocenters. The fourth-order valence-corrected chi connectivity index (χ4v) is 1.55. The summed E-state index contributed by atoms with van der Waals surface area (Å²) in [5.74, 6) is 0. The number of ether oxygens (including phenoxy) is 1. The van der Waals surface area contributed by atoms with Crippen LogP contribution in [0.2, 0.25) is 0 Å². The van der Waals surface area contributed by atoms with Crippen LogP contribution < -0.4 is 0 Å². The first kappa shape index (κ1) is 7.25. The maximum Gasteiger partial charge on any atom is 0.248 e. The van der Waals surface area contributed by atoms with Gasteiger partial charge in [-0.15, -0.1) is 0 Å². The number of fused-ring (bicyclic) bond motifs is 1. The number of rotatable bonds is 0. The zero-order chi connectivity index (χ0) is 7.84. The minimum Gasteiger partial charge on any atom is -0.463 e. The Kier molecular flexibility index (Phi) is 1.69. The highest BCUT2D eigenvalue weighted by atomic mass is 35.5. The van der Waals surface area contributed by atoms with Crippen molar-refractivity contribution in [2.24, 2.45) is 4.99 Å². The van der Waals surface area contributed by atoms with Crippen molar-refractivity contribution in [3.8, 4) is 0 Å². The molecule has 1 aliphatic carbocycles. The first-order valence-corrected chi connectivity index (χ1v) is 4.10. The van der Waals surface area contributed by atoms with Crippen LogP contribution in [-0.4, -0.2) is 11.3 Å². The second-order valence-corrected chi connectivity index (χ2v) is 3.21. The number of thiol groups is 1. The van der Waals surface area contributed by atoms with Crippen molar-refractivity contribution in [2.75, 3.05) is 0 Å². The topological polar surface area (TPSA) is 21.6 Å². The molecule has 2 aliphatic rings. The molecule has 1 aliphatic heterocycles. The molecule has 1 atom stereocenters. The quantitative estimate of drug-likeness (QED) is 0.577. The van der Waals surface area contributed by atoms with E-state index in [4.69, 9.17) is 16.3 Å². The first-order chi connectivity index (χ1) is 5.25. The Hall–Kier alpha value is -0.410. The Morgan fingerprint density at radius 2 is 2.55 bits per heavy atom. The van der Waals surface area contributed by atoms with Crippen LogP contribution in [0.3, 0.4) is 0 Å².